The maximum atomic E-state index is 5.80. The van der Waals surface area contributed by atoms with Crippen LogP contribution in [-0.2, 0) is 0 Å². The van der Waals surface area contributed by atoms with Gasteiger partial charge in [0.05, 0.1) is 16.4 Å². The van der Waals surface area contributed by atoms with Crippen molar-refractivity contribution in [1.82, 2.24) is 5.32 Å². The van der Waals surface area contributed by atoms with Gasteiger partial charge in [0.15, 0.2) is 0 Å². The van der Waals surface area contributed by atoms with Gasteiger partial charge < -0.3 is 10.1 Å². The number of thiophene rings is 1. The SMILES string of the molecule is CCCNC(c1cc(Br)c(Br)s1)c1ccccc1OCC. The van der Waals surface area contributed by atoms with Gasteiger partial charge in [-0.05, 0) is 63.9 Å². The lowest BCUT2D eigenvalue weighted by atomic mass is 10.0. The zero-order valence-corrected chi connectivity index (χ0v) is 16.1. The second-order valence-electron chi connectivity index (χ2n) is 4.63. The van der Waals surface area contributed by atoms with Crippen LogP contribution < -0.4 is 10.1 Å². The highest BCUT2D eigenvalue weighted by molar-refractivity contribution is 9.13. The van der Waals surface area contributed by atoms with E-state index in [0.717, 1.165) is 27.0 Å². The average molecular weight is 433 g/mol. The molecule has 0 aliphatic heterocycles. The Balaban J connectivity index is 2.40. The molecule has 0 spiro atoms. The minimum absolute atomic E-state index is 0.153. The molecule has 2 aromatic rings. The quantitative estimate of drug-likeness (QED) is 0.600. The van der Waals surface area contributed by atoms with Crippen LogP contribution in [0.1, 0.15) is 36.8 Å². The van der Waals surface area contributed by atoms with Crippen LogP contribution in [0.3, 0.4) is 0 Å². The average Bonchev–Trinajstić information content (AvgIpc) is 2.81. The van der Waals surface area contributed by atoms with Gasteiger partial charge in [-0.15, -0.1) is 11.3 Å². The number of benzene rings is 1. The molecule has 2 rings (SSSR count). The largest absolute Gasteiger partial charge is 0.494 e. The van der Waals surface area contributed by atoms with Crippen molar-refractivity contribution >= 4 is 43.2 Å². The highest BCUT2D eigenvalue weighted by Crippen LogP contribution is 2.39. The van der Waals surface area contributed by atoms with Crippen LogP contribution in [0.5, 0.6) is 5.75 Å². The van der Waals surface area contributed by atoms with Crippen molar-refractivity contribution in [2.75, 3.05) is 13.2 Å². The fraction of sp³-hybridized carbons (Fsp3) is 0.375. The summed E-state index contributed by atoms with van der Waals surface area (Å²) in [5.74, 6) is 0.953. The minimum Gasteiger partial charge on any atom is -0.494 e. The number of hydrogen-bond donors (Lipinski definition) is 1. The van der Waals surface area contributed by atoms with Gasteiger partial charge in [-0.3, -0.25) is 0 Å². The van der Waals surface area contributed by atoms with Gasteiger partial charge in [-0.1, -0.05) is 25.1 Å². The molecular formula is C16H19Br2NOS. The Morgan fingerprint density at radius 2 is 2.00 bits per heavy atom. The fourth-order valence-electron chi connectivity index (χ4n) is 2.16. The van der Waals surface area contributed by atoms with Crippen molar-refractivity contribution in [2.45, 2.75) is 26.3 Å². The van der Waals surface area contributed by atoms with Crippen molar-refractivity contribution in [3.05, 3.63) is 49.0 Å². The smallest absolute Gasteiger partial charge is 0.124 e. The summed E-state index contributed by atoms with van der Waals surface area (Å²) in [4.78, 5) is 1.27. The van der Waals surface area contributed by atoms with Gasteiger partial charge in [-0.2, -0.15) is 0 Å². The molecule has 0 bridgehead atoms. The molecule has 2 nitrogen and oxygen atoms in total. The van der Waals surface area contributed by atoms with Gasteiger partial charge in [-0.25, -0.2) is 0 Å². The van der Waals surface area contributed by atoms with Crippen LogP contribution in [0.15, 0.2) is 38.6 Å². The second-order valence-corrected chi connectivity index (χ2v) is 7.88. The zero-order valence-electron chi connectivity index (χ0n) is 12.2. The first-order valence-electron chi connectivity index (χ1n) is 7.07. The molecule has 1 aromatic carbocycles. The molecule has 1 atom stereocenters. The summed E-state index contributed by atoms with van der Waals surface area (Å²) in [6.07, 6.45) is 1.10. The molecule has 0 fully saturated rings. The summed E-state index contributed by atoms with van der Waals surface area (Å²) in [7, 11) is 0. The normalized spacial score (nSPS) is 12.4. The van der Waals surface area contributed by atoms with E-state index in [9.17, 15) is 0 Å². The lowest BCUT2D eigenvalue weighted by molar-refractivity contribution is 0.333. The third-order valence-corrected chi connectivity index (χ3v) is 6.40. The van der Waals surface area contributed by atoms with Crippen molar-refractivity contribution in [2.24, 2.45) is 0 Å². The molecule has 0 aliphatic rings. The van der Waals surface area contributed by atoms with E-state index in [4.69, 9.17) is 4.74 Å². The summed E-state index contributed by atoms with van der Waals surface area (Å²) in [5.41, 5.74) is 1.19. The Kier molecular flexibility index (Phi) is 6.74. The fourth-order valence-corrected chi connectivity index (χ4v) is 4.35. The monoisotopic (exact) mass is 431 g/mol. The molecule has 1 unspecified atom stereocenters. The van der Waals surface area contributed by atoms with Gasteiger partial charge in [0, 0.05) is 14.9 Å². The predicted octanol–water partition coefficient (Wildman–Crippen LogP) is 5.76. The van der Waals surface area contributed by atoms with E-state index in [1.807, 2.05) is 19.1 Å². The Bertz CT molecular complexity index is 566. The number of ether oxygens (including phenoxy) is 1. The molecule has 0 saturated carbocycles. The van der Waals surface area contributed by atoms with Crippen molar-refractivity contribution in [3.8, 4) is 5.75 Å². The summed E-state index contributed by atoms with van der Waals surface area (Å²) in [6, 6.07) is 10.6. The molecule has 0 amide bonds. The topological polar surface area (TPSA) is 21.3 Å². The van der Waals surface area contributed by atoms with Gasteiger partial charge in [0.1, 0.15) is 5.75 Å². The molecule has 1 heterocycles. The van der Waals surface area contributed by atoms with Crippen LogP contribution in [0.25, 0.3) is 0 Å². The molecule has 0 saturated heterocycles. The first-order chi connectivity index (χ1) is 10.2. The lowest BCUT2D eigenvalue weighted by Crippen LogP contribution is -2.23. The molecule has 1 N–H and O–H groups in total. The van der Waals surface area contributed by atoms with Crippen LogP contribution in [0.4, 0.5) is 0 Å². The number of para-hydroxylation sites is 1. The molecule has 0 aliphatic carbocycles. The second kappa shape index (κ2) is 8.32. The number of hydrogen-bond acceptors (Lipinski definition) is 3. The van der Waals surface area contributed by atoms with Gasteiger partial charge >= 0.3 is 0 Å². The van der Waals surface area contributed by atoms with E-state index in [1.165, 1.54) is 10.4 Å². The van der Waals surface area contributed by atoms with E-state index in [0.29, 0.717) is 6.61 Å². The molecular weight excluding hydrogens is 414 g/mol. The Labute approximate surface area is 147 Å². The first-order valence-corrected chi connectivity index (χ1v) is 9.47. The Morgan fingerprint density at radius 3 is 2.62 bits per heavy atom. The van der Waals surface area contributed by atoms with Crippen LogP contribution in [-0.4, -0.2) is 13.2 Å². The highest BCUT2D eigenvalue weighted by atomic mass is 79.9. The van der Waals surface area contributed by atoms with Crippen LogP contribution in [0.2, 0.25) is 0 Å². The van der Waals surface area contributed by atoms with Crippen molar-refractivity contribution in [1.29, 1.82) is 0 Å². The predicted molar refractivity (Wildman–Crippen MR) is 97.5 cm³/mol. The maximum absolute atomic E-state index is 5.80. The van der Waals surface area contributed by atoms with E-state index in [-0.39, 0.29) is 6.04 Å². The summed E-state index contributed by atoms with van der Waals surface area (Å²) in [5, 5.41) is 3.63. The molecule has 0 radical (unpaired) electrons. The van der Waals surface area contributed by atoms with Gasteiger partial charge in [0.2, 0.25) is 0 Å². The maximum Gasteiger partial charge on any atom is 0.124 e. The zero-order chi connectivity index (χ0) is 15.2. The minimum atomic E-state index is 0.153. The molecule has 1 aromatic heterocycles. The third kappa shape index (κ3) is 4.31. The molecule has 21 heavy (non-hydrogen) atoms. The van der Waals surface area contributed by atoms with Crippen LogP contribution >= 0.6 is 43.2 Å². The molecule has 114 valence electrons. The number of nitrogens with one attached hydrogen (secondary N) is 1. The standard InChI is InChI=1S/C16H19Br2NOS/c1-3-9-19-15(14-10-12(17)16(18)21-14)11-7-5-6-8-13(11)20-4-2/h5-8,10,15,19H,3-4,9H2,1-2H3. The number of rotatable bonds is 7. The third-order valence-electron chi connectivity index (χ3n) is 3.08. The van der Waals surface area contributed by atoms with Gasteiger partial charge in [0.25, 0.3) is 0 Å². The molecule has 5 heteroatoms. The summed E-state index contributed by atoms with van der Waals surface area (Å²) >= 11 is 8.91. The van der Waals surface area contributed by atoms with E-state index >= 15 is 0 Å². The lowest BCUT2D eigenvalue weighted by Gasteiger charge is -2.20. The highest BCUT2D eigenvalue weighted by Gasteiger charge is 2.20. The van der Waals surface area contributed by atoms with Crippen LogP contribution in [0, 0.1) is 0 Å². The summed E-state index contributed by atoms with van der Waals surface area (Å²) in [6.45, 7) is 5.84. The Hall–Kier alpha value is -0.360. The van der Waals surface area contributed by atoms with E-state index < -0.39 is 0 Å². The van der Waals surface area contributed by atoms with E-state index in [1.54, 1.807) is 11.3 Å². The Morgan fingerprint density at radius 1 is 1.24 bits per heavy atom. The summed E-state index contributed by atoms with van der Waals surface area (Å²) < 4.78 is 8.01. The first kappa shape index (κ1) is 17.0. The van der Waals surface area contributed by atoms with Crippen molar-refractivity contribution in [3.63, 3.8) is 0 Å². The number of halogens is 2. The van der Waals surface area contributed by atoms with E-state index in [2.05, 4.69) is 62.3 Å². The van der Waals surface area contributed by atoms with Crippen molar-refractivity contribution < 1.29 is 4.74 Å².